The molecule has 5 aromatic rings. The fourth-order valence-corrected chi connectivity index (χ4v) is 7.23. The molecule has 2 aliphatic heterocycles. The Morgan fingerprint density at radius 2 is 1.28 bits per heavy atom. The summed E-state index contributed by atoms with van der Waals surface area (Å²) >= 11 is 0. The van der Waals surface area contributed by atoms with Crippen molar-refractivity contribution >= 4 is 11.8 Å². The van der Waals surface area contributed by atoms with E-state index >= 15 is 0 Å². The molecule has 2 aliphatic rings. The summed E-state index contributed by atoms with van der Waals surface area (Å²) in [6.45, 7) is 17.1. The molecule has 2 aromatic carbocycles. The van der Waals surface area contributed by atoms with Gasteiger partial charge in [0.05, 0.1) is 47.7 Å². The highest BCUT2D eigenvalue weighted by molar-refractivity contribution is 5.84. The smallest absolute Gasteiger partial charge is 0.230 e. The lowest BCUT2D eigenvalue weighted by Gasteiger charge is -2.26. The first-order valence-electron chi connectivity index (χ1n) is 19.0. The Hall–Kier alpha value is -5.90. The summed E-state index contributed by atoms with van der Waals surface area (Å²) in [6.07, 6.45) is 16.1. The SMILES string of the molecule is C=C/C=C\C(=C)[C@@H](C)C(=O)N1CCC[C@H]1c1ncc(-c2cnc(-c3ccc(-c4cnc([C@@H]5CCCN5C(=O)[C@H](C)c5ccccc5)[nH]4)cc3)nc2)[nH]1.CC. The number of allylic oxidation sites excluding steroid dienone is 3. The van der Waals surface area contributed by atoms with E-state index in [0.717, 1.165) is 83.1 Å². The van der Waals surface area contributed by atoms with Gasteiger partial charge in [-0.15, -0.1) is 0 Å². The number of amides is 2. The molecule has 2 fully saturated rings. The standard InChI is InChI=1S/C42H44N8O2.C2H6/c1-5-6-12-27(2)28(3)41(51)49-21-10-15-36(49)40-46-26-35(48-40)33-23-43-38(44-24-33)32-19-17-31(18-20-32)34-25-45-39(47-34)37-16-11-22-50(37)42(52)29(4)30-13-8-7-9-14-30;1-2/h5-9,12-14,17-20,23-26,28-29,36-37H,1-2,10-11,15-16,21-22H2,3-4H3,(H,45,47)(H,46,48);1-2H3/b12-6-;/t28-,29-,36+,37+;/m1./s1. The Morgan fingerprint density at radius 1 is 0.741 bits per heavy atom. The highest BCUT2D eigenvalue weighted by atomic mass is 16.2. The third-order valence-corrected chi connectivity index (χ3v) is 10.4. The van der Waals surface area contributed by atoms with Crippen molar-refractivity contribution < 1.29 is 9.59 Å². The number of nitrogens with one attached hydrogen (secondary N) is 2. The number of aromatic nitrogens is 6. The molecular formula is C44H50N8O2. The number of aromatic amines is 2. The Morgan fingerprint density at radius 3 is 1.85 bits per heavy atom. The van der Waals surface area contributed by atoms with Crippen molar-refractivity contribution in [2.45, 2.75) is 71.4 Å². The minimum Gasteiger partial charge on any atom is -0.340 e. The molecule has 0 bridgehead atoms. The summed E-state index contributed by atoms with van der Waals surface area (Å²) in [5.41, 5.74) is 6.18. The van der Waals surface area contributed by atoms with E-state index in [1.54, 1.807) is 30.7 Å². The van der Waals surface area contributed by atoms with Gasteiger partial charge >= 0.3 is 0 Å². The lowest BCUT2D eigenvalue weighted by Crippen LogP contribution is -2.35. The molecule has 5 heterocycles. The van der Waals surface area contributed by atoms with Crippen molar-refractivity contribution in [2.24, 2.45) is 5.92 Å². The normalized spacial score (nSPS) is 17.9. The van der Waals surface area contributed by atoms with Crippen LogP contribution in [0.4, 0.5) is 0 Å². The Balaban J connectivity index is 0.00000245. The van der Waals surface area contributed by atoms with E-state index in [1.165, 1.54) is 0 Å². The van der Waals surface area contributed by atoms with Crippen LogP contribution in [0, 0.1) is 5.92 Å². The highest BCUT2D eigenvalue weighted by Gasteiger charge is 2.36. The van der Waals surface area contributed by atoms with E-state index in [2.05, 4.69) is 38.1 Å². The van der Waals surface area contributed by atoms with Crippen molar-refractivity contribution in [1.29, 1.82) is 0 Å². The molecule has 0 spiro atoms. The fourth-order valence-electron chi connectivity index (χ4n) is 7.23. The number of nitrogens with zero attached hydrogens (tertiary/aromatic N) is 6. The van der Waals surface area contributed by atoms with Gasteiger partial charge in [-0.25, -0.2) is 19.9 Å². The lowest BCUT2D eigenvalue weighted by molar-refractivity contribution is -0.135. The van der Waals surface area contributed by atoms with Crippen LogP contribution in [0.3, 0.4) is 0 Å². The predicted molar refractivity (Wildman–Crippen MR) is 214 cm³/mol. The van der Waals surface area contributed by atoms with Crippen LogP contribution in [0.5, 0.6) is 0 Å². The number of rotatable bonds is 11. The summed E-state index contributed by atoms with van der Waals surface area (Å²) in [6, 6.07) is 17.8. The Kier molecular flexibility index (Phi) is 12.1. The molecule has 0 unspecified atom stereocenters. The van der Waals surface area contributed by atoms with Gasteiger partial charge in [0, 0.05) is 36.6 Å². The maximum Gasteiger partial charge on any atom is 0.230 e. The molecule has 0 aliphatic carbocycles. The van der Waals surface area contributed by atoms with Gasteiger partial charge in [-0.05, 0) is 56.2 Å². The number of carbonyl (C=O) groups is 2. The third kappa shape index (κ3) is 8.02. The molecule has 0 saturated carbocycles. The van der Waals surface area contributed by atoms with E-state index in [-0.39, 0.29) is 35.7 Å². The van der Waals surface area contributed by atoms with E-state index < -0.39 is 0 Å². The second-order valence-corrected chi connectivity index (χ2v) is 13.6. The first-order valence-corrected chi connectivity index (χ1v) is 19.0. The number of likely N-dealkylation sites (tertiary alicyclic amines) is 2. The maximum atomic E-state index is 13.5. The molecule has 278 valence electrons. The monoisotopic (exact) mass is 722 g/mol. The molecule has 54 heavy (non-hydrogen) atoms. The van der Waals surface area contributed by atoms with Crippen LogP contribution in [0.1, 0.15) is 88.6 Å². The van der Waals surface area contributed by atoms with Gasteiger partial charge in [0.1, 0.15) is 11.6 Å². The fraction of sp³-hybridized carbons (Fsp3) is 0.318. The van der Waals surface area contributed by atoms with E-state index in [0.29, 0.717) is 12.4 Å². The number of hydrogen-bond acceptors (Lipinski definition) is 6. The van der Waals surface area contributed by atoms with E-state index in [9.17, 15) is 9.59 Å². The average Bonchev–Trinajstić information content (AvgIpc) is 4.07. The van der Waals surface area contributed by atoms with Gasteiger partial charge in [-0.2, -0.15) is 0 Å². The van der Waals surface area contributed by atoms with Crippen LogP contribution in [0.2, 0.25) is 0 Å². The molecule has 4 atom stereocenters. The van der Waals surface area contributed by atoms with E-state index in [1.807, 2.05) is 104 Å². The first-order chi connectivity index (χ1) is 26.3. The largest absolute Gasteiger partial charge is 0.340 e. The minimum atomic E-state index is -0.326. The average molecular weight is 723 g/mol. The molecule has 2 saturated heterocycles. The van der Waals surface area contributed by atoms with Gasteiger partial charge in [-0.1, -0.05) is 99.8 Å². The highest BCUT2D eigenvalue weighted by Crippen LogP contribution is 2.36. The van der Waals surface area contributed by atoms with Crippen LogP contribution >= 0.6 is 0 Å². The van der Waals surface area contributed by atoms with Crippen LogP contribution in [0.25, 0.3) is 33.9 Å². The van der Waals surface area contributed by atoms with Crippen molar-refractivity contribution in [3.8, 4) is 33.9 Å². The number of hydrogen-bond donors (Lipinski definition) is 2. The second-order valence-electron chi connectivity index (χ2n) is 13.6. The van der Waals surface area contributed by atoms with Crippen molar-refractivity contribution in [3.05, 3.63) is 134 Å². The Labute approximate surface area is 318 Å². The van der Waals surface area contributed by atoms with Gasteiger partial charge in [-0.3, -0.25) is 9.59 Å². The molecule has 0 radical (unpaired) electrons. The number of H-pyrrole nitrogens is 2. The Bertz CT molecular complexity index is 2080. The van der Waals surface area contributed by atoms with Crippen LogP contribution in [0.15, 0.2) is 116 Å². The molecule has 2 amide bonds. The summed E-state index contributed by atoms with van der Waals surface area (Å²) in [5.74, 6) is 1.83. The summed E-state index contributed by atoms with van der Waals surface area (Å²) in [7, 11) is 0. The number of benzene rings is 2. The molecule has 3 aromatic heterocycles. The number of carbonyl (C=O) groups excluding carboxylic acids is 2. The molecule has 7 rings (SSSR count). The summed E-state index contributed by atoms with van der Waals surface area (Å²) < 4.78 is 0. The lowest BCUT2D eigenvalue weighted by atomic mass is 9.99. The van der Waals surface area contributed by atoms with Crippen LogP contribution in [-0.4, -0.2) is 64.6 Å². The quantitative estimate of drug-likeness (QED) is 0.131. The topological polar surface area (TPSA) is 124 Å². The van der Waals surface area contributed by atoms with Crippen LogP contribution in [-0.2, 0) is 9.59 Å². The summed E-state index contributed by atoms with van der Waals surface area (Å²) in [4.78, 5) is 56.3. The zero-order valence-corrected chi connectivity index (χ0v) is 31.7. The van der Waals surface area contributed by atoms with Crippen molar-refractivity contribution in [3.63, 3.8) is 0 Å². The van der Waals surface area contributed by atoms with Gasteiger partial charge in [0.2, 0.25) is 11.8 Å². The third-order valence-electron chi connectivity index (χ3n) is 10.4. The summed E-state index contributed by atoms with van der Waals surface area (Å²) in [5, 5.41) is 0. The minimum absolute atomic E-state index is 0.0481. The van der Waals surface area contributed by atoms with Gasteiger partial charge < -0.3 is 19.8 Å². The maximum absolute atomic E-state index is 13.5. The molecule has 10 heteroatoms. The molecular weight excluding hydrogens is 673 g/mol. The van der Waals surface area contributed by atoms with Crippen LogP contribution < -0.4 is 0 Å². The zero-order valence-electron chi connectivity index (χ0n) is 31.7. The van der Waals surface area contributed by atoms with Crippen molar-refractivity contribution in [1.82, 2.24) is 39.7 Å². The molecule has 2 N–H and O–H groups in total. The van der Waals surface area contributed by atoms with E-state index in [4.69, 9.17) is 4.98 Å². The molecule has 10 nitrogen and oxygen atoms in total. The zero-order chi connectivity index (χ0) is 38.2. The van der Waals surface area contributed by atoms with Crippen molar-refractivity contribution in [2.75, 3.05) is 13.1 Å². The number of imidazole rings is 2. The first kappa shape index (κ1) is 37.8. The predicted octanol–water partition coefficient (Wildman–Crippen LogP) is 9.02. The van der Waals surface area contributed by atoms with Gasteiger partial charge in [0.15, 0.2) is 5.82 Å². The second kappa shape index (κ2) is 17.3. The van der Waals surface area contributed by atoms with Gasteiger partial charge in [0.25, 0.3) is 0 Å².